The molecule has 0 aromatic heterocycles. The van der Waals surface area contributed by atoms with Gasteiger partial charge in [0.15, 0.2) is 5.96 Å². The number of primary amides is 1. The first-order valence-corrected chi connectivity index (χ1v) is 15.2. The summed E-state index contributed by atoms with van der Waals surface area (Å²) in [5.74, 6) is 1.63. The minimum Gasteiger partial charge on any atom is -0.497 e. The number of methoxy groups -OCH3 is 2. The Bertz CT molecular complexity index is 1320. The number of guanidine groups is 1. The summed E-state index contributed by atoms with van der Waals surface area (Å²) in [6.07, 6.45) is 6.13. The Balaban J connectivity index is 1.65. The fourth-order valence-electron chi connectivity index (χ4n) is 5.61. The summed E-state index contributed by atoms with van der Waals surface area (Å²) in [4.78, 5) is 22.0. The van der Waals surface area contributed by atoms with Crippen LogP contribution in [0, 0.1) is 0 Å². The topological polar surface area (TPSA) is 92.4 Å². The highest BCUT2D eigenvalue weighted by molar-refractivity contribution is 5.94. The van der Waals surface area contributed by atoms with Gasteiger partial charge in [-0.25, -0.2) is 4.99 Å². The molecule has 3 N–H and O–H groups in total. The van der Waals surface area contributed by atoms with Crippen LogP contribution in [0.5, 0.6) is 11.5 Å². The molecule has 0 saturated heterocycles. The van der Waals surface area contributed by atoms with Crippen molar-refractivity contribution in [1.29, 1.82) is 0 Å². The molecule has 1 aliphatic carbocycles. The van der Waals surface area contributed by atoms with Crippen LogP contribution in [0.4, 0.5) is 5.69 Å². The molecule has 0 spiro atoms. The van der Waals surface area contributed by atoms with E-state index in [-0.39, 0.29) is 18.2 Å². The number of likely N-dealkylation sites (N-methyl/N-ethyl adjacent to an activating group) is 1. The lowest BCUT2D eigenvalue weighted by atomic mass is 9.87. The van der Waals surface area contributed by atoms with Gasteiger partial charge in [0, 0.05) is 43.2 Å². The lowest BCUT2D eigenvalue weighted by molar-refractivity contribution is -0.118. The highest BCUT2D eigenvalue weighted by Crippen LogP contribution is 2.37. The summed E-state index contributed by atoms with van der Waals surface area (Å²) in [6.45, 7) is 2.52. The number of carbonyl (C=O) groups excluding carboxylic acids is 1. The van der Waals surface area contributed by atoms with E-state index in [9.17, 15) is 4.79 Å². The van der Waals surface area contributed by atoms with E-state index in [2.05, 4.69) is 83.8 Å². The van der Waals surface area contributed by atoms with Crippen molar-refractivity contribution in [3.05, 3.63) is 89.5 Å². The number of ether oxygens (including phenoxy) is 2. The molecule has 1 amide bonds. The van der Waals surface area contributed by atoms with E-state index in [1.54, 1.807) is 14.2 Å². The van der Waals surface area contributed by atoms with E-state index in [1.807, 2.05) is 18.2 Å². The molecule has 3 aromatic carbocycles. The number of amides is 1. The predicted molar refractivity (Wildman–Crippen MR) is 175 cm³/mol. The molecular formula is C35H47N5O3. The van der Waals surface area contributed by atoms with Gasteiger partial charge >= 0.3 is 0 Å². The zero-order valence-electron chi connectivity index (χ0n) is 26.1. The minimum atomic E-state index is -0.378. The van der Waals surface area contributed by atoms with Crippen molar-refractivity contribution in [2.24, 2.45) is 10.7 Å². The van der Waals surface area contributed by atoms with Gasteiger partial charge in [0.2, 0.25) is 5.91 Å². The molecule has 1 aliphatic rings. The standard InChI is InChI=1S/C35H47N5O3/c1-39(2)21-22-40(25-26-11-7-5-8-12-26)35(37-28-13-9-6-10-14-28)38-29-17-15-27(16-18-29)31(24-34(36)41)32-23-30(42-3)19-20-33(32)43-4/h5,7-8,11-12,15-20,23,28,31H,6,9-10,13-14,21-22,24-25H2,1-4H3,(H2,36,41)(H,37,38). The lowest BCUT2D eigenvalue weighted by Gasteiger charge is -2.30. The van der Waals surface area contributed by atoms with Crippen molar-refractivity contribution in [1.82, 2.24) is 9.80 Å². The van der Waals surface area contributed by atoms with Crippen LogP contribution in [0.1, 0.15) is 61.1 Å². The van der Waals surface area contributed by atoms with Crippen molar-refractivity contribution in [2.45, 2.75) is 57.0 Å². The smallest absolute Gasteiger partial charge is 0.218 e. The van der Waals surface area contributed by atoms with Gasteiger partial charge in [-0.05, 0) is 68.4 Å². The molecule has 8 nitrogen and oxygen atoms in total. The molecule has 3 aromatic rings. The Labute approximate surface area is 256 Å². The molecule has 8 heteroatoms. The maximum Gasteiger partial charge on any atom is 0.218 e. The highest BCUT2D eigenvalue weighted by Gasteiger charge is 2.23. The largest absolute Gasteiger partial charge is 0.497 e. The first-order chi connectivity index (χ1) is 20.9. The van der Waals surface area contributed by atoms with Crippen molar-refractivity contribution in [3.8, 4) is 11.5 Å². The monoisotopic (exact) mass is 585 g/mol. The molecule has 0 aliphatic heterocycles. The van der Waals surface area contributed by atoms with Gasteiger partial charge in [0.25, 0.3) is 0 Å². The molecule has 43 heavy (non-hydrogen) atoms. The van der Waals surface area contributed by atoms with Crippen molar-refractivity contribution >= 4 is 17.6 Å². The van der Waals surface area contributed by atoms with Gasteiger partial charge in [-0.2, -0.15) is 0 Å². The van der Waals surface area contributed by atoms with Gasteiger partial charge < -0.3 is 30.3 Å². The van der Waals surface area contributed by atoms with E-state index >= 15 is 0 Å². The zero-order chi connectivity index (χ0) is 30.6. The maximum atomic E-state index is 12.2. The normalized spacial score (nSPS) is 14.8. The summed E-state index contributed by atoms with van der Waals surface area (Å²) >= 11 is 0. The van der Waals surface area contributed by atoms with Gasteiger partial charge in [-0.1, -0.05) is 61.7 Å². The molecular weight excluding hydrogens is 538 g/mol. The van der Waals surface area contributed by atoms with Crippen molar-refractivity contribution < 1.29 is 14.3 Å². The Hall–Kier alpha value is -4.04. The van der Waals surface area contributed by atoms with Gasteiger partial charge in [-0.15, -0.1) is 0 Å². The van der Waals surface area contributed by atoms with Crippen LogP contribution in [0.15, 0.2) is 77.8 Å². The Morgan fingerprint density at radius 2 is 1.67 bits per heavy atom. The van der Waals surface area contributed by atoms with Gasteiger partial charge in [0.1, 0.15) is 11.5 Å². The maximum absolute atomic E-state index is 12.2. The number of rotatable bonds is 13. The van der Waals surface area contributed by atoms with E-state index in [0.29, 0.717) is 17.5 Å². The van der Waals surface area contributed by atoms with Gasteiger partial charge in [-0.3, -0.25) is 4.79 Å². The summed E-state index contributed by atoms with van der Waals surface area (Å²) < 4.78 is 11.1. The fourth-order valence-corrected chi connectivity index (χ4v) is 5.61. The summed E-state index contributed by atoms with van der Waals surface area (Å²) in [7, 11) is 7.46. The summed E-state index contributed by atoms with van der Waals surface area (Å²) in [6, 6.07) is 24.7. The molecule has 4 rings (SSSR count). The third-order valence-corrected chi connectivity index (χ3v) is 8.00. The third-order valence-electron chi connectivity index (χ3n) is 8.00. The highest BCUT2D eigenvalue weighted by atomic mass is 16.5. The quantitative estimate of drug-likeness (QED) is 0.192. The SMILES string of the molecule is COc1ccc(OC)c(C(CC(N)=O)c2ccc(N/C(=N/C3CCCCC3)N(CCN(C)C)Cc3ccccc3)cc2)c1. The van der Waals surface area contributed by atoms with E-state index < -0.39 is 0 Å². The Kier molecular flexibility index (Phi) is 11.9. The molecule has 0 heterocycles. The minimum absolute atomic E-state index is 0.153. The molecule has 0 radical (unpaired) electrons. The predicted octanol–water partition coefficient (Wildman–Crippen LogP) is 5.88. The van der Waals surface area contributed by atoms with Crippen LogP contribution >= 0.6 is 0 Å². The number of aliphatic imine (C=N–C) groups is 1. The molecule has 230 valence electrons. The molecule has 1 fully saturated rings. The number of nitrogens with one attached hydrogen (secondary N) is 1. The second-order valence-electron chi connectivity index (χ2n) is 11.5. The number of nitrogens with two attached hydrogens (primary N) is 1. The molecule has 1 unspecified atom stereocenters. The first-order valence-electron chi connectivity index (χ1n) is 15.2. The molecule has 1 saturated carbocycles. The van der Waals surface area contributed by atoms with Crippen LogP contribution in [-0.2, 0) is 11.3 Å². The number of nitrogens with zero attached hydrogens (tertiary/aromatic N) is 3. The average Bonchev–Trinajstić information content (AvgIpc) is 3.02. The van der Waals surface area contributed by atoms with E-state index in [1.165, 1.54) is 24.8 Å². The lowest BCUT2D eigenvalue weighted by Crippen LogP contribution is -2.41. The molecule has 0 bridgehead atoms. The summed E-state index contributed by atoms with van der Waals surface area (Å²) in [5, 5.41) is 3.68. The Morgan fingerprint density at radius 3 is 2.30 bits per heavy atom. The van der Waals surface area contributed by atoms with Crippen LogP contribution in [-0.4, -0.2) is 69.1 Å². The second-order valence-corrected chi connectivity index (χ2v) is 11.5. The van der Waals surface area contributed by atoms with E-state index in [4.69, 9.17) is 20.2 Å². The molecule has 1 atom stereocenters. The van der Waals surface area contributed by atoms with Crippen molar-refractivity contribution in [3.63, 3.8) is 0 Å². The van der Waals surface area contributed by atoms with Crippen LogP contribution < -0.4 is 20.5 Å². The van der Waals surface area contributed by atoms with E-state index in [0.717, 1.165) is 55.2 Å². The number of hydrogen-bond acceptors (Lipinski definition) is 5. The average molecular weight is 586 g/mol. The number of benzene rings is 3. The Morgan fingerprint density at radius 1 is 0.953 bits per heavy atom. The van der Waals surface area contributed by atoms with Crippen LogP contribution in [0.3, 0.4) is 0 Å². The number of carbonyl (C=O) groups is 1. The zero-order valence-corrected chi connectivity index (χ0v) is 26.1. The van der Waals surface area contributed by atoms with Gasteiger partial charge in [0.05, 0.1) is 20.3 Å². The summed E-state index contributed by atoms with van der Waals surface area (Å²) in [5.41, 5.74) is 9.73. The van der Waals surface area contributed by atoms with Crippen LogP contribution in [0.2, 0.25) is 0 Å². The third kappa shape index (κ3) is 9.48. The number of anilines is 1. The first kappa shape index (κ1) is 31.9. The number of hydrogen-bond donors (Lipinski definition) is 2. The second kappa shape index (κ2) is 16.0. The fraction of sp³-hybridized carbons (Fsp3) is 0.429. The van der Waals surface area contributed by atoms with Crippen molar-refractivity contribution in [2.75, 3.05) is 46.7 Å². The van der Waals surface area contributed by atoms with Crippen LogP contribution in [0.25, 0.3) is 0 Å².